The Bertz CT molecular complexity index is 300. The highest BCUT2D eigenvalue weighted by Gasteiger charge is 2.40. The molecule has 0 radical (unpaired) electrons. The van der Waals surface area contributed by atoms with Crippen molar-refractivity contribution >= 4 is 23.6 Å². The SMILES string of the molecule is CC1(C(=O)N2CCNC(=O)CC2)CCCS1. The van der Waals surface area contributed by atoms with Crippen LogP contribution in [-0.4, -0.2) is 46.8 Å². The lowest BCUT2D eigenvalue weighted by Gasteiger charge is -2.29. The predicted molar refractivity (Wildman–Crippen MR) is 64.3 cm³/mol. The molecule has 0 bridgehead atoms. The van der Waals surface area contributed by atoms with Crippen LogP contribution < -0.4 is 5.32 Å². The minimum atomic E-state index is -0.243. The van der Waals surface area contributed by atoms with Crippen LogP contribution in [0.5, 0.6) is 0 Å². The number of nitrogens with zero attached hydrogens (tertiary/aromatic N) is 1. The number of nitrogens with one attached hydrogen (secondary N) is 1. The maximum atomic E-state index is 12.3. The molecule has 2 saturated heterocycles. The molecular formula is C11H18N2O2S. The average Bonchev–Trinajstić information content (AvgIpc) is 2.59. The molecule has 0 saturated carbocycles. The third kappa shape index (κ3) is 2.34. The van der Waals surface area contributed by atoms with Crippen molar-refractivity contribution in [3.63, 3.8) is 0 Å². The Morgan fingerprint density at radius 1 is 1.50 bits per heavy atom. The number of hydrogen-bond donors (Lipinski definition) is 1. The second-order valence-electron chi connectivity index (χ2n) is 4.58. The van der Waals surface area contributed by atoms with E-state index in [0.29, 0.717) is 26.1 Å². The van der Waals surface area contributed by atoms with E-state index in [1.165, 1.54) is 0 Å². The highest BCUT2D eigenvalue weighted by Crippen LogP contribution is 2.39. The van der Waals surface area contributed by atoms with E-state index >= 15 is 0 Å². The van der Waals surface area contributed by atoms with Crippen LogP contribution in [-0.2, 0) is 9.59 Å². The smallest absolute Gasteiger partial charge is 0.238 e. The molecule has 2 fully saturated rings. The van der Waals surface area contributed by atoms with Crippen LogP contribution in [0.25, 0.3) is 0 Å². The lowest BCUT2D eigenvalue weighted by molar-refractivity contribution is -0.133. The van der Waals surface area contributed by atoms with Crippen LogP contribution in [0.3, 0.4) is 0 Å². The minimum absolute atomic E-state index is 0.0551. The quantitative estimate of drug-likeness (QED) is 0.733. The van der Waals surface area contributed by atoms with E-state index in [9.17, 15) is 9.59 Å². The second-order valence-corrected chi connectivity index (χ2v) is 6.17. The van der Waals surface area contributed by atoms with E-state index in [0.717, 1.165) is 18.6 Å². The third-order valence-electron chi connectivity index (χ3n) is 3.27. The summed E-state index contributed by atoms with van der Waals surface area (Å²) in [6, 6.07) is 0. The summed E-state index contributed by atoms with van der Waals surface area (Å²) >= 11 is 1.76. The summed E-state index contributed by atoms with van der Waals surface area (Å²) in [5.74, 6) is 1.35. The molecule has 0 spiro atoms. The molecule has 2 aliphatic heterocycles. The van der Waals surface area contributed by atoms with Crippen LogP contribution >= 0.6 is 11.8 Å². The Morgan fingerprint density at radius 2 is 2.31 bits per heavy atom. The molecule has 16 heavy (non-hydrogen) atoms. The molecule has 1 atom stereocenters. The maximum absolute atomic E-state index is 12.3. The summed E-state index contributed by atoms with van der Waals surface area (Å²) in [5.41, 5.74) is 0. The Labute approximate surface area is 100 Å². The van der Waals surface area contributed by atoms with Gasteiger partial charge in [-0.05, 0) is 25.5 Å². The van der Waals surface area contributed by atoms with Crippen LogP contribution in [0.1, 0.15) is 26.2 Å². The zero-order valence-electron chi connectivity index (χ0n) is 9.62. The fraction of sp³-hybridized carbons (Fsp3) is 0.818. The number of hydrogen-bond acceptors (Lipinski definition) is 3. The summed E-state index contributed by atoms with van der Waals surface area (Å²) in [5, 5.41) is 2.79. The van der Waals surface area contributed by atoms with Crippen LogP contribution in [0.2, 0.25) is 0 Å². The van der Waals surface area contributed by atoms with Crippen molar-refractivity contribution in [2.24, 2.45) is 0 Å². The summed E-state index contributed by atoms with van der Waals surface area (Å²) < 4.78 is -0.243. The van der Waals surface area contributed by atoms with Gasteiger partial charge < -0.3 is 10.2 Å². The zero-order valence-corrected chi connectivity index (χ0v) is 10.4. The van der Waals surface area contributed by atoms with Gasteiger partial charge in [-0.1, -0.05) is 0 Å². The van der Waals surface area contributed by atoms with Gasteiger partial charge in [-0.3, -0.25) is 9.59 Å². The van der Waals surface area contributed by atoms with Crippen molar-refractivity contribution in [1.82, 2.24) is 10.2 Å². The molecule has 2 amide bonds. The van der Waals surface area contributed by atoms with Gasteiger partial charge in [-0.15, -0.1) is 11.8 Å². The first kappa shape index (κ1) is 11.8. The molecule has 2 aliphatic rings. The molecule has 2 heterocycles. The van der Waals surface area contributed by atoms with Crippen molar-refractivity contribution < 1.29 is 9.59 Å². The Morgan fingerprint density at radius 3 is 3.00 bits per heavy atom. The van der Waals surface area contributed by atoms with Gasteiger partial charge >= 0.3 is 0 Å². The minimum Gasteiger partial charge on any atom is -0.354 e. The summed E-state index contributed by atoms with van der Waals surface area (Å²) in [6.07, 6.45) is 2.53. The molecule has 0 aromatic carbocycles. The Balaban J connectivity index is 2.00. The molecule has 4 nitrogen and oxygen atoms in total. The van der Waals surface area contributed by atoms with Crippen molar-refractivity contribution in [3.8, 4) is 0 Å². The van der Waals surface area contributed by atoms with E-state index < -0.39 is 0 Å². The van der Waals surface area contributed by atoms with Crippen LogP contribution in [0.4, 0.5) is 0 Å². The summed E-state index contributed by atoms with van der Waals surface area (Å²) in [7, 11) is 0. The molecule has 5 heteroatoms. The number of amides is 2. The summed E-state index contributed by atoms with van der Waals surface area (Å²) in [6.45, 7) is 3.85. The van der Waals surface area contributed by atoms with Gasteiger partial charge in [-0.25, -0.2) is 0 Å². The number of carbonyl (C=O) groups excluding carboxylic acids is 2. The third-order valence-corrected chi connectivity index (χ3v) is 4.78. The second kappa shape index (κ2) is 4.65. The van der Waals surface area contributed by atoms with E-state index in [2.05, 4.69) is 5.32 Å². The van der Waals surface area contributed by atoms with Crippen molar-refractivity contribution in [1.29, 1.82) is 0 Å². The normalized spacial score (nSPS) is 31.1. The fourth-order valence-corrected chi connectivity index (χ4v) is 3.53. The van der Waals surface area contributed by atoms with Crippen molar-refractivity contribution in [2.45, 2.75) is 30.9 Å². The average molecular weight is 242 g/mol. The lowest BCUT2D eigenvalue weighted by atomic mass is 10.0. The van der Waals surface area contributed by atoms with Gasteiger partial charge in [0.2, 0.25) is 11.8 Å². The molecule has 0 aromatic heterocycles. The molecule has 0 aliphatic carbocycles. The van der Waals surface area contributed by atoms with Crippen LogP contribution in [0, 0.1) is 0 Å². The lowest BCUT2D eigenvalue weighted by Crippen LogP contribution is -2.45. The highest BCUT2D eigenvalue weighted by atomic mass is 32.2. The molecule has 1 N–H and O–H groups in total. The van der Waals surface area contributed by atoms with Crippen molar-refractivity contribution in [2.75, 3.05) is 25.4 Å². The summed E-state index contributed by atoms with van der Waals surface area (Å²) in [4.78, 5) is 25.4. The van der Waals surface area contributed by atoms with Gasteiger partial charge in [0.1, 0.15) is 0 Å². The number of thioether (sulfide) groups is 1. The maximum Gasteiger partial charge on any atom is 0.238 e. The fourth-order valence-electron chi connectivity index (χ4n) is 2.25. The number of carbonyl (C=O) groups is 2. The van der Waals surface area contributed by atoms with E-state index in [4.69, 9.17) is 0 Å². The standard InChI is InChI=1S/C11H18N2O2S/c1-11(4-2-8-16-11)10(15)13-6-3-9(14)12-5-7-13/h2-8H2,1H3,(H,12,14). The van der Waals surface area contributed by atoms with Gasteiger partial charge in [0.25, 0.3) is 0 Å². The molecule has 0 aromatic rings. The first-order chi connectivity index (χ1) is 7.62. The predicted octanol–water partition coefficient (Wildman–Crippen LogP) is 0.621. The van der Waals surface area contributed by atoms with Crippen LogP contribution in [0.15, 0.2) is 0 Å². The van der Waals surface area contributed by atoms with Gasteiger partial charge in [-0.2, -0.15) is 0 Å². The molecule has 1 unspecified atom stereocenters. The largest absolute Gasteiger partial charge is 0.354 e. The first-order valence-corrected chi connectivity index (χ1v) is 6.80. The van der Waals surface area contributed by atoms with Crippen molar-refractivity contribution in [3.05, 3.63) is 0 Å². The van der Waals surface area contributed by atoms with E-state index in [1.54, 1.807) is 11.8 Å². The first-order valence-electron chi connectivity index (χ1n) is 5.82. The molecule has 90 valence electrons. The highest BCUT2D eigenvalue weighted by molar-refractivity contribution is 8.01. The van der Waals surface area contributed by atoms with Gasteiger partial charge in [0, 0.05) is 26.1 Å². The van der Waals surface area contributed by atoms with Gasteiger partial charge in [0.15, 0.2) is 0 Å². The Kier molecular flexibility index (Phi) is 3.42. The molecular weight excluding hydrogens is 224 g/mol. The van der Waals surface area contributed by atoms with E-state index in [-0.39, 0.29) is 16.6 Å². The number of rotatable bonds is 1. The molecule has 2 rings (SSSR count). The Hall–Kier alpha value is -0.710. The topological polar surface area (TPSA) is 49.4 Å². The zero-order chi connectivity index (χ0) is 11.6. The monoisotopic (exact) mass is 242 g/mol. The van der Waals surface area contributed by atoms with E-state index in [1.807, 2.05) is 11.8 Å². The van der Waals surface area contributed by atoms with Gasteiger partial charge in [0.05, 0.1) is 4.75 Å².